The number of rotatable bonds is 0. The molecule has 0 aromatic rings. The molecule has 12 nitrogen and oxygen atoms in total. The first kappa shape index (κ1) is 184. The first-order valence-corrected chi connectivity index (χ1v) is 2.68. The largest absolute Gasteiger partial charge is 2.00 e. The summed E-state index contributed by atoms with van der Waals surface area (Å²) >= 11 is 0. The molecule has 0 aliphatic heterocycles. The molecule has 0 unspecified atom stereocenters. The van der Waals surface area contributed by atoms with Gasteiger partial charge in [0.15, 0.2) is 0 Å². The fraction of sp³-hybridized carbons (Fsp3) is 0. The Hall–Kier alpha value is -4.46. The van der Waals surface area contributed by atoms with Gasteiger partial charge in [0.1, 0.15) is 0 Å². The molecule has 0 aromatic carbocycles. The molecule has 0 N–H and O–H groups in total. The van der Waals surface area contributed by atoms with Crippen LogP contribution in [-0.2, 0) is 53.6 Å². The number of hydrogen-bond donors (Lipinski definition) is 0. The second kappa shape index (κ2) is 457. The van der Waals surface area contributed by atoms with Crippen molar-refractivity contribution >= 4 is 0 Å². The van der Waals surface area contributed by atoms with E-state index in [-0.39, 0.29) is 53.6 Å². The number of hydrogen-bond acceptors (Lipinski definition) is 12. The van der Waals surface area contributed by atoms with Crippen LogP contribution < -0.4 is 0 Å². The molecule has 0 aromatic heterocycles. The van der Waals surface area contributed by atoms with Gasteiger partial charge < -0.3 is 142 Å². The summed E-state index contributed by atoms with van der Waals surface area (Å²) in [6, 6.07) is 0. The Morgan fingerprint density at radius 2 is 0.185 bits per heavy atom. The first-order chi connectivity index (χ1) is 12.0. The van der Waals surface area contributed by atoms with Crippen LogP contribution >= 0.6 is 0 Å². The van der Waals surface area contributed by atoms with Crippen LogP contribution in [0.3, 0.4) is 0 Å². The maximum atomic E-state index is 6.25. The standard InChI is InChI=1S/12CN.2Mn.Zn/c12*1-2;;;/q12*-1;;;+2. The van der Waals surface area contributed by atoms with Crippen LogP contribution in [0.5, 0.6) is 0 Å². The van der Waals surface area contributed by atoms with E-state index in [4.69, 9.17) is 142 Å². The third-order valence-corrected chi connectivity index (χ3v) is 0. The van der Waals surface area contributed by atoms with Crippen LogP contribution in [0.4, 0.5) is 0 Å². The van der Waals surface area contributed by atoms with Crippen LogP contribution in [0.15, 0.2) is 0 Å². The second-order valence-electron chi connectivity index (χ2n) is 0. The summed E-state index contributed by atoms with van der Waals surface area (Å²) in [4.78, 5) is 0. The van der Waals surface area contributed by atoms with Crippen molar-refractivity contribution in [1.29, 1.82) is 63.1 Å². The van der Waals surface area contributed by atoms with E-state index in [1.54, 1.807) is 0 Å². The molecule has 0 spiro atoms. The summed E-state index contributed by atoms with van der Waals surface area (Å²) in [7, 11) is 0. The average Bonchev–Trinajstić information content (AvgIpc) is 2.84. The van der Waals surface area contributed by atoms with Crippen LogP contribution in [-0.4, -0.2) is 0 Å². The van der Waals surface area contributed by atoms with Gasteiger partial charge in [-0.25, -0.2) is 0 Å². The average molecular weight is 487 g/mol. The Kier molecular flexibility index (Phi) is 3120. The van der Waals surface area contributed by atoms with Crippen LogP contribution in [0.1, 0.15) is 0 Å². The van der Waals surface area contributed by atoms with E-state index >= 15 is 0 Å². The van der Waals surface area contributed by atoms with E-state index in [9.17, 15) is 0 Å². The molecule has 0 aliphatic rings. The van der Waals surface area contributed by atoms with E-state index in [2.05, 4.69) is 0 Å². The maximum absolute atomic E-state index is 6.25. The smallest absolute Gasteiger partial charge is 0.512 e. The van der Waals surface area contributed by atoms with Gasteiger partial charge in [-0.05, 0) is 0 Å². The summed E-state index contributed by atoms with van der Waals surface area (Å²) in [6.45, 7) is 57.0. The molecular formula is C12Mn2N12Zn-10. The minimum Gasteiger partial charge on any atom is -0.512 e. The van der Waals surface area contributed by atoms with Crippen molar-refractivity contribution in [2.45, 2.75) is 0 Å². The van der Waals surface area contributed by atoms with Crippen molar-refractivity contribution in [3.05, 3.63) is 78.9 Å². The van der Waals surface area contributed by atoms with Crippen molar-refractivity contribution in [1.82, 2.24) is 0 Å². The fourth-order valence-electron chi connectivity index (χ4n) is 0. The molecule has 0 saturated heterocycles. The predicted octanol–water partition coefficient (Wildman–Crippen LogP) is 1.15. The quantitative estimate of drug-likeness (QED) is 0.343. The van der Waals surface area contributed by atoms with Crippen molar-refractivity contribution in [2.75, 3.05) is 0 Å². The van der Waals surface area contributed by atoms with E-state index in [0.717, 1.165) is 0 Å². The van der Waals surface area contributed by atoms with Gasteiger partial charge in [0, 0.05) is 34.1 Å². The molecule has 0 heterocycles. The molecule has 0 saturated carbocycles. The fourth-order valence-corrected chi connectivity index (χ4v) is 0. The molecule has 0 rings (SSSR count). The summed E-state index contributed by atoms with van der Waals surface area (Å²) in [5.74, 6) is 0. The van der Waals surface area contributed by atoms with Crippen LogP contribution in [0.25, 0.3) is 0 Å². The first-order valence-electron chi connectivity index (χ1n) is 2.68. The number of nitrogens with zero attached hydrogens (tertiary/aromatic N) is 12. The molecule has 134 valence electrons. The van der Waals surface area contributed by atoms with E-state index in [1.807, 2.05) is 0 Å². The SMILES string of the molecule is [C-]#N.[C-]#N.[C-]#N.[C-]#N.[C-]#N.[C-]#N.[C-]#N.[C-]#N.[C-]#N.[C-]#N.[C-]#N.[C-]#N.[Mn].[Mn].[Zn+2]. The molecule has 0 amide bonds. The second-order valence-corrected chi connectivity index (χ2v) is 0. The Balaban J connectivity index is -0.00000000443. The van der Waals surface area contributed by atoms with Gasteiger partial charge in [0.05, 0.1) is 0 Å². The molecule has 2 radical (unpaired) electrons. The van der Waals surface area contributed by atoms with E-state index in [1.165, 1.54) is 0 Å². The Bertz CT molecular complexity index is 226. The zero-order valence-electron chi connectivity index (χ0n) is 12.8. The summed E-state index contributed by atoms with van der Waals surface area (Å²) in [6.07, 6.45) is 0. The van der Waals surface area contributed by atoms with E-state index in [0.29, 0.717) is 0 Å². The Labute approximate surface area is 195 Å². The molecule has 0 atom stereocenters. The van der Waals surface area contributed by atoms with Crippen LogP contribution in [0.2, 0.25) is 0 Å². The minimum absolute atomic E-state index is 0. The molecular weight excluding hydrogens is 487 g/mol. The van der Waals surface area contributed by atoms with Gasteiger partial charge in [-0.1, -0.05) is 0 Å². The summed E-state index contributed by atoms with van der Waals surface area (Å²) in [5, 5.41) is 75.0. The van der Waals surface area contributed by atoms with Crippen molar-refractivity contribution in [3.63, 3.8) is 0 Å². The van der Waals surface area contributed by atoms with Gasteiger partial charge in [0.2, 0.25) is 0 Å². The van der Waals surface area contributed by atoms with Crippen LogP contribution in [0, 0.1) is 142 Å². The molecule has 27 heavy (non-hydrogen) atoms. The molecule has 0 aliphatic carbocycles. The van der Waals surface area contributed by atoms with Gasteiger partial charge in [-0.2, -0.15) is 0 Å². The Morgan fingerprint density at radius 1 is 0.185 bits per heavy atom. The van der Waals surface area contributed by atoms with Gasteiger partial charge in [0.25, 0.3) is 0 Å². The van der Waals surface area contributed by atoms with Crippen molar-refractivity contribution < 1.29 is 53.6 Å². The monoisotopic (exact) mass is 486 g/mol. The third-order valence-electron chi connectivity index (χ3n) is 0. The van der Waals surface area contributed by atoms with Gasteiger partial charge >= 0.3 is 19.5 Å². The molecule has 0 bridgehead atoms. The van der Waals surface area contributed by atoms with Gasteiger partial charge in [-0.15, -0.1) is 0 Å². The van der Waals surface area contributed by atoms with Gasteiger partial charge in [-0.3, -0.25) is 0 Å². The molecule has 0 fully saturated rings. The third kappa shape index (κ3) is 414. The zero-order valence-corrected chi connectivity index (χ0v) is 18.2. The zero-order chi connectivity index (χ0) is 24.0. The summed E-state index contributed by atoms with van der Waals surface area (Å²) in [5.41, 5.74) is 0. The molecule has 15 heteroatoms. The van der Waals surface area contributed by atoms with E-state index < -0.39 is 0 Å². The van der Waals surface area contributed by atoms with Crippen molar-refractivity contribution in [2.24, 2.45) is 0 Å². The predicted molar refractivity (Wildman–Crippen MR) is 59.6 cm³/mol. The Morgan fingerprint density at radius 3 is 0.185 bits per heavy atom. The summed E-state index contributed by atoms with van der Waals surface area (Å²) < 4.78 is 0. The topological polar surface area (TPSA) is 285 Å². The normalized spacial score (nSPS) is 0.889. The maximum Gasteiger partial charge on any atom is 2.00 e. The minimum atomic E-state index is 0. The van der Waals surface area contributed by atoms with Crippen molar-refractivity contribution in [3.8, 4) is 0 Å².